The average Bonchev–Trinajstić information content (AvgIpc) is 3.10. The molecule has 3 aromatic rings. The molecule has 2 aromatic heterocycles. The maximum Gasteiger partial charge on any atom is 0.170 e. The molecule has 0 fully saturated rings. The Morgan fingerprint density at radius 2 is 1.40 bits per heavy atom. The van der Waals surface area contributed by atoms with Crippen LogP contribution < -0.4 is 0 Å². The van der Waals surface area contributed by atoms with Crippen LogP contribution in [-0.4, -0.2) is 19.3 Å². The van der Waals surface area contributed by atoms with Crippen LogP contribution in [0.3, 0.4) is 0 Å². The highest BCUT2D eigenvalue weighted by Crippen LogP contribution is 2.37. The summed E-state index contributed by atoms with van der Waals surface area (Å²) in [6.45, 7) is 16.3. The third-order valence-corrected chi connectivity index (χ3v) is 5.79. The minimum absolute atomic E-state index is 0.709. The second-order valence-corrected chi connectivity index (χ2v) is 7.21. The quantitative estimate of drug-likeness (QED) is 0.706. The first-order valence-electron chi connectivity index (χ1n) is 8.81. The van der Waals surface area contributed by atoms with Gasteiger partial charge < -0.3 is 4.57 Å². The van der Waals surface area contributed by atoms with Crippen LogP contribution in [0.4, 0.5) is 0 Å². The molecule has 25 heavy (non-hydrogen) atoms. The van der Waals surface area contributed by atoms with Crippen molar-refractivity contribution in [2.75, 3.05) is 0 Å². The highest BCUT2D eigenvalue weighted by molar-refractivity contribution is 5.77. The Labute approximate surface area is 150 Å². The van der Waals surface area contributed by atoms with E-state index in [-0.39, 0.29) is 0 Å². The zero-order chi connectivity index (χ0) is 18.5. The minimum Gasteiger partial charge on any atom is -0.341 e. The Kier molecular flexibility index (Phi) is 4.31. The molecule has 1 aromatic carbocycles. The molecule has 0 unspecified atom stereocenters. The Balaban J connectivity index is 2.16. The Hall–Kier alpha value is -2.36. The molecule has 0 aliphatic carbocycles. The highest BCUT2D eigenvalue weighted by atomic mass is 15.3. The van der Waals surface area contributed by atoms with E-state index in [0.29, 0.717) is 6.54 Å². The van der Waals surface area contributed by atoms with Crippen molar-refractivity contribution in [3.8, 4) is 11.1 Å². The number of hydrogen-bond donors (Lipinski definition) is 0. The molecular formula is C21H28N4. The molecule has 4 heteroatoms. The summed E-state index contributed by atoms with van der Waals surface area (Å²) in [6, 6.07) is 2.31. The average molecular weight is 336 g/mol. The van der Waals surface area contributed by atoms with Gasteiger partial charge in [0.15, 0.2) is 5.82 Å². The Morgan fingerprint density at radius 3 is 1.92 bits per heavy atom. The fourth-order valence-corrected chi connectivity index (χ4v) is 3.80. The van der Waals surface area contributed by atoms with Gasteiger partial charge >= 0.3 is 0 Å². The summed E-state index contributed by atoms with van der Waals surface area (Å²) in [5.41, 5.74) is 12.2. The van der Waals surface area contributed by atoms with Crippen molar-refractivity contribution in [1.29, 1.82) is 0 Å². The molecule has 0 spiro atoms. The van der Waals surface area contributed by atoms with Crippen LogP contribution in [0.1, 0.15) is 45.0 Å². The molecular weight excluding hydrogens is 308 g/mol. The van der Waals surface area contributed by atoms with E-state index in [2.05, 4.69) is 69.2 Å². The Bertz CT molecular complexity index is 928. The van der Waals surface area contributed by atoms with Gasteiger partial charge in [-0.2, -0.15) is 5.10 Å². The lowest BCUT2D eigenvalue weighted by Crippen LogP contribution is -2.06. The Morgan fingerprint density at radius 1 is 0.840 bits per heavy atom. The largest absolute Gasteiger partial charge is 0.341 e. The van der Waals surface area contributed by atoms with Gasteiger partial charge in [0.2, 0.25) is 0 Å². The van der Waals surface area contributed by atoms with E-state index >= 15 is 0 Å². The molecule has 0 atom stereocenters. The van der Waals surface area contributed by atoms with Crippen molar-refractivity contribution in [3.63, 3.8) is 0 Å². The van der Waals surface area contributed by atoms with E-state index in [9.17, 15) is 0 Å². The zero-order valence-corrected chi connectivity index (χ0v) is 16.7. The molecule has 0 radical (unpaired) electrons. The van der Waals surface area contributed by atoms with Gasteiger partial charge in [0, 0.05) is 24.0 Å². The van der Waals surface area contributed by atoms with Crippen molar-refractivity contribution >= 4 is 0 Å². The predicted octanol–water partition coefficient (Wildman–Crippen LogP) is 4.49. The number of nitrogens with zero attached hydrogens (tertiary/aromatic N) is 4. The SMILES string of the molecule is Cc1c(C)c(C)c(-c2cc(C)n(Cc3ncn(C)n3)c2C)c(C)c1C. The molecule has 4 nitrogen and oxygen atoms in total. The lowest BCUT2D eigenvalue weighted by atomic mass is 9.86. The van der Waals surface area contributed by atoms with Crippen LogP contribution in [0, 0.1) is 48.5 Å². The molecule has 0 N–H and O–H groups in total. The molecule has 3 rings (SSSR count). The third kappa shape index (κ3) is 2.80. The van der Waals surface area contributed by atoms with Crippen LogP contribution in [0.25, 0.3) is 11.1 Å². The first-order valence-corrected chi connectivity index (χ1v) is 8.81. The summed E-state index contributed by atoms with van der Waals surface area (Å²) in [5.74, 6) is 0.848. The lowest BCUT2D eigenvalue weighted by Gasteiger charge is -2.19. The molecule has 0 aliphatic rings. The van der Waals surface area contributed by atoms with E-state index in [1.165, 1.54) is 50.3 Å². The van der Waals surface area contributed by atoms with Crippen molar-refractivity contribution in [2.45, 2.75) is 55.0 Å². The van der Waals surface area contributed by atoms with E-state index in [4.69, 9.17) is 0 Å². The maximum atomic E-state index is 4.43. The van der Waals surface area contributed by atoms with Crippen molar-refractivity contribution in [2.24, 2.45) is 7.05 Å². The van der Waals surface area contributed by atoms with Gasteiger partial charge in [-0.15, -0.1) is 0 Å². The van der Waals surface area contributed by atoms with Crippen LogP contribution in [0.15, 0.2) is 12.4 Å². The van der Waals surface area contributed by atoms with Gasteiger partial charge in [-0.1, -0.05) is 0 Å². The van der Waals surface area contributed by atoms with Crippen LogP contribution in [0.5, 0.6) is 0 Å². The topological polar surface area (TPSA) is 35.6 Å². The predicted molar refractivity (Wildman–Crippen MR) is 103 cm³/mol. The number of benzene rings is 1. The van der Waals surface area contributed by atoms with Crippen LogP contribution in [-0.2, 0) is 13.6 Å². The van der Waals surface area contributed by atoms with Gasteiger partial charge in [0.05, 0.1) is 6.54 Å². The highest BCUT2D eigenvalue weighted by Gasteiger charge is 2.19. The maximum absolute atomic E-state index is 4.43. The number of rotatable bonds is 3. The molecule has 0 saturated heterocycles. The summed E-state index contributed by atoms with van der Waals surface area (Å²) in [7, 11) is 1.90. The van der Waals surface area contributed by atoms with Crippen LogP contribution >= 0.6 is 0 Å². The minimum atomic E-state index is 0.709. The summed E-state index contributed by atoms with van der Waals surface area (Å²) < 4.78 is 4.07. The zero-order valence-electron chi connectivity index (χ0n) is 16.7. The molecule has 132 valence electrons. The molecule has 0 aliphatic heterocycles. The second kappa shape index (κ2) is 6.17. The van der Waals surface area contributed by atoms with Crippen molar-refractivity contribution in [1.82, 2.24) is 19.3 Å². The number of aryl methyl sites for hydroxylation is 2. The van der Waals surface area contributed by atoms with Gasteiger partial charge in [0.25, 0.3) is 0 Å². The third-order valence-electron chi connectivity index (χ3n) is 5.79. The first-order chi connectivity index (χ1) is 11.7. The summed E-state index contributed by atoms with van der Waals surface area (Å²) in [5, 5.41) is 4.43. The van der Waals surface area contributed by atoms with Gasteiger partial charge in [-0.05, 0) is 87.9 Å². The fraction of sp³-hybridized carbons (Fsp3) is 0.429. The normalized spacial score (nSPS) is 11.4. The summed E-state index contributed by atoms with van der Waals surface area (Å²) >= 11 is 0. The van der Waals surface area contributed by atoms with Gasteiger partial charge in [0.1, 0.15) is 6.33 Å². The van der Waals surface area contributed by atoms with E-state index in [1.807, 2.05) is 7.05 Å². The van der Waals surface area contributed by atoms with E-state index in [1.54, 1.807) is 11.0 Å². The number of aromatic nitrogens is 4. The monoisotopic (exact) mass is 336 g/mol. The van der Waals surface area contributed by atoms with Crippen molar-refractivity contribution in [3.05, 3.63) is 57.4 Å². The van der Waals surface area contributed by atoms with E-state index < -0.39 is 0 Å². The van der Waals surface area contributed by atoms with E-state index in [0.717, 1.165) is 5.82 Å². The molecule has 0 amide bonds. The molecule has 2 heterocycles. The number of hydrogen-bond acceptors (Lipinski definition) is 2. The van der Waals surface area contributed by atoms with Crippen molar-refractivity contribution < 1.29 is 0 Å². The van der Waals surface area contributed by atoms with Gasteiger partial charge in [-0.25, -0.2) is 4.98 Å². The standard InChI is InChI=1S/C21H28N4/c1-12-9-19(18(7)25(12)10-20-22-11-24(8)23-20)21-16(5)14(3)13(2)15(4)17(21)6/h9,11H,10H2,1-8H3. The van der Waals surface area contributed by atoms with Crippen LogP contribution in [0.2, 0.25) is 0 Å². The lowest BCUT2D eigenvalue weighted by molar-refractivity contribution is 0.682. The summed E-state index contributed by atoms with van der Waals surface area (Å²) in [6.07, 6.45) is 1.76. The first kappa shape index (κ1) is 17.5. The fourth-order valence-electron chi connectivity index (χ4n) is 3.80. The smallest absolute Gasteiger partial charge is 0.170 e. The molecule has 0 saturated carbocycles. The van der Waals surface area contributed by atoms with Gasteiger partial charge in [-0.3, -0.25) is 4.68 Å². The molecule has 0 bridgehead atoms. The second-order valence-electron chi connectivity index (χ2n) is 7.21. The summed E-state index contributed by atoms with van der Waals surface area (Å²) in [4.78, 5) is 4.38.